The molecule has 1 atom stereocenters. The minimum absolute atomic E-state index is 0.373. The summed E-state index contributed by atoms with van der Waals surface area (Å²) in [6.07, 6.45) is 11.2. The smallest absolute Gasteiger partial charge is 0.0669 e. The second-order valence-corrected chi connectivity index (χ2v) is 4.24. The molecule has 1 unspecified atom stereocenters. The SMILES string of the molecule is C#CCCCC(NCCC)c1cnns1. The lowest BCUT2D eigenvalue weighted by molar-refractivity contribution is 0.493. The summed E-state index contributed by atoms with van der Waals surface area (Å²) in [5.41, 5.74) is 0. The Hall–Kier alpha value is -0.920. The molecule has 0 fully saturated rings. The highest BCUT2D eigenvalue weighted by Crippen LogP contribution is 2.21. The predicted octanol–water partition coefficient (Wildman–Crippen LogP) is 2.38. The van der Waals surface area contributed by atoms with Gasteiger partial charge in [-0.3, -0.25) is 0 Å². The third-order valence-electron chi connectivity index (χ3n) is 2.18. The Morgan fingerprint density at radius 3 is 3.13 bits per heavy atom. The van der Waals surface area contributed by atoms with Crippen molar-refractivity contribution in [2.45, 2.75) is 38.6 Å². The molecule has 0 aliphatic rings. The van der Waals surface area contributed by atoms with Crippen molar-refractivity contribution in [1.29, 1.82) is 0 Å². The number of nitrogens with zero attached hydrogens (tertiary/aromatic N) is 2. The first-order chi connectivity index (χ1) is 7.38. The lowest BCUT2D eigenvalue weighted by Gasteiger charge is -2.15. The van der Waals surface area contributed by atoms with Crippen LogP contribution in [0.15, 0.2) is 6.20 Å². The highest BCUT2D eigenvalue weighted by molar-refractivity contribution is 7.05. The van der Waals surface area contributed by atoms with E-state index in [2.05, 4.69) is 27.7 Å². The van der Waals surface area contributed by atoms with Crippen molar-refractivity contribution in [3.63, 3.8) is 0 Å². The van der Waals surface area contributed by atoms with Gasteiger partial charge in [0.2, 0.25) is 0 Å². The Labute approximate surface area is 95.5 Å². The molecular formula is C11H17N3S. The molecule has 0 saturated carbocycles. The molecule has 0 amide bonds. The second kappa shape index (κ2) is 7.38. The first kappa shape index (κ1) is 12.2. The van der Waals surface area contributed by atoms with Crippen LogP contribution in [0, 0.1) is 12.3 Å². The minimum Gasteiger partial charge on any atom is -0.309 e. The minimum atomic E-state index is 0.373. The monoisotopic (exact) mass is 223 g/mol. The maximum atomic E-state index is 5.24. The van der Waals surface area contributed by atoms with Gasteiger partial charge in [-0.05, 0) is 37.3 Å². The van der Waals surface area contributed by atoms with E-state index in [4.69, 9.17) is 6.42 Å². The molecule has 1 N–H and O–H groups in total. The third-order valence-corrected chi connectivity index (χ3v) is 2.95. The largest absolute Gasteiger partial charge is 0.309 e. The first-order valence-corrected chi connectivity index (χ1v) is 6.10. The number of hydrogen-bond acceptors (Lipinski definition) is 4. The summed E-state index contributed by atoms with van der Waals surface area (Å²) in [6.45, 7) is 3.19. The standard InChI is InChI=1S/C11H17N3S/c1-3-5-6-7-10(12-8-4-2)11-9-13-14-15-11/h1,9-10,12H,4-8H2,2H3. The van der Waals surface area contributed by atoms with Crippen LogP contribution in [-0.2, 0) is 0 Å². The Kier molecular flexibility index (Phi) is 5.98. The Balaban J connectivity index is 2.43. The normalized spacial score (nSPS) is 12.3. The van der Waals surface area contributed by atoms with Crippen LogP contribution in [0.1, 0.15) is 43.5 Å². The van der Waals surface area contributed by atoms with E-state index < -0.39 is 0 Å². The van der Waals surface area contributed by atoms with E-state index in [1.807, 2.05) is 6.20 Å². The summed E-state index contributed by atoms with van der Waals surface area (Å²) in [7, 11) is 0. The van der Waals surface area contributed by atoms with Gasteiger partial charge in [0, 0.05) is 12.5 Å². The van der Waals surface area contributed by atoms with Gasteiger partial charge in [0.1, 0.15) is 0 Å². The molecule has 0 bridgehead atoms. The van der Waals surface area contributed by atoms with E-state index in [-0.39, 0.29) is 0 Å². The molecule has 0 aliphatic carbocycles. The summed E-state index contributed by atoms with van der Waals surface area (Å²) in [5, 5.41) is 7.36. The van der Waals surface area contributed by atoms with E-state index in [1.54, 1.807) is 0 Å². The molecule has 4 heteroatoms. The fourth-order valence-corrected chi connectivity index (χ4v) is 2.01. The predicted molar refractivity (Wildman–Crippen MR) is 63.6 cm³/mol. The topological polar surface area (TPSA) is 37.8 Å². The third kappa shape index (κ3) is 4.41. The van der Waals surface area contributed by atoms with E-state index in [0.29, 0.717) is 6.04 Å². The number of nitrogens with one attached hydrogen (secondary N) is 1. The van der Waals surface area contributed by atoms with Crippen LogP contribution in [0.3, 0.4) is 0 Å². The summed E-state index contributed by atoms with van der Waals surface area (Å²) in [4.78, 5) is 1.21. The molecule has 0 spiro atoms. The Morgan fingerprint density at radius 1 is 1.67 bits per heavy atom. The van der Waals surface area contributed by atoms with Crippen molar-refractivity contribution in [1.82, 2.24) is 14.9 Å². The van der Waals surface area contributed by atoms with Crippen LogP contribution in [0.2, 0.25) is 0 Å². The molecule has 1 rings (SSSR count). The highest BCUT2D eigenvalue weighted by atomic mass is 32.1. The molecule has 1 aromatic rings. The lowest BCUT2D eigenvalue weighted by atomic mass is 10.1. The zero-order valence-electron chi connectivity index (χ0n) is 9.07. The van der Waals surface area contributed by atoms with Crippen molar-refractivity contribution in [2.24, 2.45) is 0 Å². The molecule has 3 nitrogen and oxygen atoms in total. The van der Waals surface area contributed by atoms with E-state index >= 15 is 0 Å². The number of aromatic nitrogens is 2. The van der Waals surface area contributed by atoms with Crippen LogP contribution >= 0.6 is 11.5 Å². The van der Waals surface area contributed by atoms with Crippen molar-refractivity contribution in [3.8, 4) is 12.3 Å². The fraction of sp³-hybridized carbons (Fsp3) is 0.636. The van der Waals surface area contributed by atoms with Crippen LogP contribution in [-0.4, -0.2) is 16.1 Å². The van der Waals surface area contributed by atoms with Gasteiger partial charge >= 0.3 is 0 Å². The van der Waals surface area contributed by atoms with Crippen molar-refractivity contribution in [2.75, 3.05) is 6.54 Å². The van der Waals surface area contributed by atoms with Gasteiger partial charge < -0.3 is 5.32 Å². The van der Waals surface area contributed by atoms with Crippen molar-refractivity contribution >= 4 is 11.5 Å². The molecule has 0 saturated heterocycles. The summed E-state index contributed by atoms with van der Waals surface area (Å²) in [6, 6.07) is 0.373. The van der Waals surface area contributed by atoms with Gasteiger partial charge in [-0.2, -0.15) is 0 Å². The second-order valence-electron chi connectivity index (χ2n) is 3.42. The van der Waals surface area contributed by atoms with Crippen LogP contribution in [0.25, 0.3) is 0 Å². The fourth-order valence-electron chi connectivity index (χ4n) is 1.40. The van der Waals surface area contributed by atoms with E-state index in [9.17, 15) is 0 Å². The number of unbranched alkanes of at least 4 members (excludes halogenated alkanes) is 1. The number of terminal acetylenes is 1. The van der Waals surface area contributed by atoms with E-state index in [0.717, 1.165) is 32.2 Å². The van der Waals surface area contributed by atoms with Crippen LogP contribution < -0.4 is 5.32 Å². The van der Waals surface area contributed by atoms with Crippen LogP contribution in [0.4, 0.5) is 0 Å². The summed E-state index contributed by atoms with van der Waals surface area (Å²) < 4.78 is 3.89. The first-order valence-electron chi connectivity index (χ1n) is 5.32. The van der Waals surface area contributed by atoms with Gasteiger partial charge in [-0.1, -0.05) is 11.4 Å². The summed E-state index contributed by atoms with van der Waals surface area (Å²) >= 11 is 1.46. The number of rotatable bonds is 7. The molecule has 0 aromatic carbocycles. The molecule has 0 aliphatic heterocycles. The van der Waals surface area contributed by atoms with Crippen molar-refractivity contribution in [3.05, 3.63) is 11.1 Å². The van der Waals surface area contributed by atoms with Gasteiger partial charge in [-0.15, -0.1) is 17.4 Å². The van der Waals surface area contributed by atoms with Crippen molar-refractivity contribution < 1.29 is 0 Å². The number of hydrogen-bond donors (Lipinski definition) is 1. The van der Waals surface area contributed by atoms with Gasteiger partial charge in [0.15, 0.2) is 0 Å². The average Bonchev–Trinajstić information content (AvgIpc) is 2.76. The zero-order valence-corrected chi connectivity index (χ0v) is 9.89. The average molecular weight is 223 g/mol. The Bertz CT molecular complexity index is 289. The van der Waals surface area contributed by atoms with Gasteiger partial charge in [0.05, 0.1) is 11.1 Å². The molecule has 0 radical (unpaired) electrons. The summed E-state index contributed by atoms with van der Waals surface area (Å²) in [5.74, 6) is 2.67. The van der Waals surface area contributed by atoms with Gasteiger partial charge in [0.25, 0.3) is 0 Å². The van der Waals surface area contributed by atoms with E-state index in [1.165, 1.54) is 16.4 Å². The molecule has 1 heterocycles. The highest BCUT2D eigenvalue weighted by Gasteiger charge is 2.12. The molecule has 82 valence electrons. The van der Waals surface area contributed by atoms with Gasteiger partial charge in [-0.25, -0.2) is 0 Å². The Morgan fingerprint density at radius 2 is 2.53 bits per heavy atom. The maximum Gasteiger partial charge on any atom is 0.0669 e. The molecule has 1 aromatic heterocycles. The molecule has 15 heavy (non-hydrogen) atoms. The lowest BCUT2D eigenvalue weighted by Crippen LogP contribution is -2.21. The molecular weight excluding hydrogens is 206 g/mol. The maximum absolute atomic E-state index is 5.24. The quantitative estimate of drug-likeness (QED) is 0.569. The zero-order chi connectivity index (χ0) is 10.9. The van der Waals surface area contributed by atoms with Crippen LogP contribution in [0.5, 0.6) is 0 Å².